The molecular weight excluding hydrogens is 442 g/mol. The molecule has 0 radical (unpaired) electrons. The van der Waals surface area contributed by atoms with E-state index < -0.39 is 0 Å². The van der Waals surface area contributed by atoms with Gasteiger partial charge in [-0.3, -0.25) is 10.1 Å². The lowest BCUT2D eigenvalue weighted by Gasteiger charge is -2.36. The van der Waals surface area contributed by atoms with Gasteiger partial charge >= 0.3 is 5.69 Å². The highest BCUT2D eigenvalue weighted by Crippen LogP contribution is 2.38. The van der Waals surface area contributed by atoms with E-state index in [0.29, 0.717) is 31.3 Å². The fourth-order valence-electron chi connectivity index (χ4n) is 4.31. The smallest absolute Gasteiger partial charge is 0.354 e. The van der Waals surface area contributed by atoms with Crippen molar-refractivity contribution in [3.8, 4) is 0 Å². The summed E-state index contributed by atoms with van der Waals surface area (Å²) in [6.45, 7) is 3.11. The van der Waals surface area contributed by atoms with Gasteiger partial charge < -0.3 is 14.7 Å². The molecule has 0 atom stereocenters. The largest absolute Gasteiger partial charge is 0.368 e. The maximum Gasteiger partial charge on any atom is 0.354 e. The van der Waals surface area contributed by atoms with Crippen molar-refractivity contribution < 1.29 is 4.92 Å². The molecule has 2 aromatic carbocycles. The van der Waals surface area contributed by atoms with Crippen molar-refractivity contribution in [2.24, 2.45) is 0 Å². The van der Waals surface area contributed by atoms with Crippen molar-refractivity contribution in [1.82, 2.24) is 15.0 Å². The third kappa shape index (κ3) is 4.89. The van der Waals surface area contributed by atoms with E-state index in [-0.39, 0.29) is 16.4 Å². The number of hydrogen-bond donors (Lipinski definition) is 0. The maximum absolute atomic E-state index is 12.4. The van der Waals surface area contributed by atoms with Gasteiger partial charge in [-0.2, -0.15) is 0 Å². The maximum atomic E-state index is 12.4. The van der Waals surface area contributed by atoms with Gasteiger partial charge in [-0.05, 0) is 29.8 Å². The van der Waals surface area contributed by atoms with E-state index >= 15 is 0 Å². The number of benzene rings is 2. The molecule has 0 amide bonds. The van der Waals surface area contributed by atoms with Crippen LogP contribution < -0.4 is 14.7 Å². The Labute approximate surface area is 203 Å². The van der Waals surface area contributed by atoms with Crippen LogP contribution in [0.4, 0.5) is 28.8 Å². The summed E-state index contributed by atoms with van der Waals surface area (Å²) < 4.78 is 0. The van der Waals surface area contributed by atoms with Crippen molar-refractivity contribution in [3.63, 3.8) is 0 Å². The molecule has 0 unspecified atom stereocenters. The van der Waals surface area contributed by atoms with Gasteiger partial charge in [0.15, 0.2) is 0 Å². The molecule has 1 saturated heterocycles. The molecule has 3 heterocycles. The quantitative estimate of drug-likeness (QED) is 0.291. The molecular formula is C26H25N7O2. The van der Waals surface area contributed by atoms with Gasteiger partial charge in [0.05, 0.1) is 11.5 Å². The van der Waals surface area contributed by atoms with E-state index in [1.165, 1.54) is 6.33 Å². The van der Waals surface area contributed by atoms with Crippen LogP contribution in [-0.4, -0.2) is 46.1 Å². The average Bonchev–Trinajstić information content (AvgIpc) is 2.93. The van der Waals surface area contributed by atoms with Crippen LogP contribution in [0.5, 0.6) is 0 Å². The van der Waals surface area contributed by atoms with Crippen LogP contribution in [0.3, 0.4) is 0 Å². The highest BCUT2D eigenvalue weighted by atomic mass is 16.6. The second-order valence-corrected chi connectivity index (χ2v) is 8.20. The number of anilines is 4. The van der Waals surface area contributed by atoms with E-state index in [1.54, 1.807) is 11.1 Å². The molecule has 1 aliphatic rings. The lowest BCUT2D eigenvalue weighted by molar-refractivity contribution is -0.383. The number of nitrogens with zero attached hydrogens (tertiary/aromatic N) is 7. The first-order valence-corrected chi connectivity index (χ1v) is 11.5. The molecule has 9 nitrogen and oxygen atoms in total. The fourth-order valence-corrected chi connectivity index (χ4v) is 4.31. The van der Waals surface area contributed by atoms with Crippen LogP contribution in [0.2, 0.25) is 0 Å². The monoisotopic (exact) mass is 467 g/mol. The highest BCUT2D eigenvalue weighted by molar-refractivity contribution is 5.75. The van der Waals surface area contributed by atoms with Crippen LogP contribution >= 0.6 is 0 Å². The third-order valence-electron chi connectivity index (χ3n) is 6.03. The van der Waals surface area contributed by atoms with Crippen LogP contribution in [0.1, 0.15) is 5.56 Å². The zero-order chi connectivity index (χ0) is 24.0. The lowest BCUT2D eigenvalue weighted by atomic mass is 10.2. The fraction of sp³-hybridized carbons (Fsp3) is 0.192. The zero-order valence-corrected chi connectivity index (χ0v) is 19.1. The Bertz CT molecular complexity index is 1260. The highest BCUT2D eigenvalue weighted by Gasteiger charge is 2.32. The predicted molar refractivity (Wildman–Crippen MR) is 136 cm³/mol. The lowest BCUT2D eigenvalue weighted by Crippen LogP contribution is -2.47. The molecule has 4 aromatic rings. The summed E-state index contributed by atoms with van der Waals surface area (Å²) in [6.07, 6.45) is 3.08. The molecule has 0 bridgehead atoms. The Kier molecular flexibility index (Phi) is 6.47. The minimum Gasteiger partial charge on any atom is -0.368 e. The number of hydrogen-bond acceptors (Lipinski definition) is 8. The van der Waals surface area contributed by atoms with E-state index in [0.717, 1.165) is 24.3 Å². The first-order valence-electron chi connectivity index (χ1n) is 11.5. The summed E-state index contributed by atoms with van der Waals surface area (Å²) in [4.78, 5) is 31.3. The van der Waals surface area contributed by atoms with Gasteiger partial charge in [0, 0.05) is 38.1 Å². The third-order valence-corrected chi connectivity index (χ3v) is 6.03. The number of aromatic nitrogens is 3. The number of rotatable bonds is 7. The Balaban J connectivity index is 1.49. The molecule has 176 valence electrons. The van der Waals surface area contributed by atoms with Gasteiger partial charge in [0.25, 0.3) is 0 Å². The Morgan fingerprint density at radius 1 is 0.800 bits per heavy atom. The molecule has 1 aliphatic heterocycles. The summed E-state index contributed by atoms with van der Waals surface area (Å²) in [7, 11) is 0. The van der Waals surface area contributed by atoms with E-state index in [4.69, 9.17) is 0 Å². The van der Waals surface area contributed by atoms with Gasteiger partial charge in [-0.25, -0.2) is 15.0 Å². The summed E-state index contributed by atoms with van der Waals surface area (Å²) in [5.41, 5.74) is 2.03. The van der Waals surface area contributed by atoms with Crippen LogP contribution in [0.15, 0.2) is 91.4 Å². The van der Waals surface area contributed by atoms with Crippen molar-refractivity contribution in [3.05, 3.63) is 107 Å². The molecule has 35 heavy (non-hydrogen) atoms. The zero-order valence-electron chi connectivity index (χ0n) is 19.1. The van der Waals surface area contributed by atoms with Crippen LogP contribution in [0.25, 0.3) is 0 Å². The average molecular weight is 468 g/mol. The molecule has 0 N–H and O–H groups in total. The van der Waals surface area contributed by atoms with Crippen LogP contribution in [-0.2, 0) is 6.54 Å². The number of para-hydroxylation sites is 1. The van der Waals surface area contributed by atoms with Crippen molar-refractivity contribution in [2.75, 3.05) is 40.9 Å². The Morgan fingerprint density at radius 2 is 1.46 bits per heavy atom. The minimum absolute atomic E-state index is 0.109. The first-order chi connectivity index (χ1) is 17.2. The minimum atomic E-state index is -0.380. The Morgan fingerprint density at radius 3 is 2.11 bits per heavy atom. The summed E-state index contributed by atoms with van der Waals surface area (Å²) >= 11 is 0. The van der Waals surface area contributed by atoms with Crippen molar-refractivity contribution in [2.45, 2.75) is 6.54 Å². The molecule has 0 aliphatic carbocycles. The number of nitro groups is 1. The molecule has 0 saturated carbocycles. The molecule has 2 aromatic heterocycles. The van der Waals surface area contributed by atoms with Gasteiger partial charge in [-0.1, -0.05) is 54.6 Å². The van der Waals surface area contributed by atoms with Gasteiger partial charge in [0.1, 0.15) is 12.1 Å². The van der Waals surface area contributed by atoms with Crippen molar-refractivity contribution >= 4 is 28.8 Å². The normalized spacial score (nSPS) is 13.5. The van der Waals surface area contributed by atoms with E-state index in [1.807, 2.05) is 71.6 Å². The topological polar surface area (TPSA) is 91.5 Å². The van der Waals surface area contributed by atoms with Crippen molar-refractivity contribution in [1.29, 1.82) is 0 Å². The molecule has 5 rings (SSSR count). The number of pyridine rings is 1. The summed E-state index contributed by atoms with van der Waals surface area (Å²) in [5.74, 6) is 1.15. The molecule has 1 fully saturated rings. The standard InChI is InChI=1S/C26H25N7O2/c34-33(35)24-25(31-17-15-30(16-18-31)22-11-5-2-6-12-22)28-20-29-26(24)32(23-13-7-8-14-27-23)19-21-9-3-1-4-10-21/h1-14,20H,15-19H2. The van der Waals surface area contributed by atoms with E-state index in [9.17, 15) is 10.1 Å². The van der Waals surface area contributed by atoms with E-state index in [2.05, 4.69) is 32.0 Å². The summed E-state index contributed by atoms with van der Waals surface area (Å²) in [5, 5.41) is 12.4. The molecule has 9 heteroatoms. The number of piperazine rings is 1. The second kappa shape index (κ2) is 10.2. The predicted octanol–water partition coefficient (Wildman–Crippen LogP) is 4.44. The molecule has 0 spiro atoms. The first kappa shape index (κ1) is 22.3. The van der Waals surface area contributed by atoms with Gasteiger partial charge in [-0.15, -0.1) is 0 Å². The van der Waals surface area contributed by atoms with Gasteiger partial charge in [0.2, 0.25) is 11.6 Å². The summed E-state index contributed by atoms with van der Waals surface area (Å²) in [6, 6.07) is 25.5. The SMILES string of the molecule is O=[N+]([O-])c1c(N2CCN(c3ccccc3)CC2)ncnc1N(Cc1ccccc1)c1ccccn1. The van der Waals surface area contributed by atoms with Crippen LogP contribution in [0, 0.1) is 10.1 Å². The second-order valence-electron chi connectivity index (χ2n) is 8.20. The Hall–Kier alpha value is -4.53.